The number of hydrazone groups is 1. The quantitative estimate of drug-likeness (QED) is 0.504. The maximum Gasteiger partial charge on any atom is 0.259 e. The molecule has 3 aromatic rings. The van der Waals surface area contributed by atoms with Gasteiger partial charge in [0.05, 0.1) is 17.8 Å². The molecule has 3 rings (SSSR count). The topological polar surface area (TPSA) is 53.5 Å². The Balaban J connectivity index is 1.58. The number of hydrogen-bond acceptors (Lipinski definition) is 3. The molecule has 0 radical (unpaired) electrons. The Hall–Kier alpha value is -2.56. The standard InChI is InChI=1S/C19H15Cl2N3O/c20-15-9-8-14(17(21)10-15)11-23-24-19(25)12-22-18-7-3-5-13-4-1-2-6-16(13)18/h1-11,22H,12H2,(H,24,25)/b23-11+. The lowest BCUT2D eigenvalue weighted by molar-refractivity contribution is -0.119. The summed E-state index contributed by atoms with van der Waals surface area (Å²) >= 11 is 11.9. The predicted octanol–water partition coefficient (Wildman–Crippen LogP) is 4.71. The first kappa shape index (κ1) is 17.3. The van der Waals surface area contributed by atoms with E-state index in [0.29, 0.717) is 15.6 Å². The molecule has 0 heterocycles. The van der Waals surface area contributed by atoms with Crippen LogP contribution in [0.2, 0.25) is 10.0 Å². The summed E-state index contributed by atoms with van der Waals surface area (Å²) in [6.07, 6.45) is 1.48. The van der Waals surface area contributed by atoms with Crippen molar-refractivity contribution in [2.45, 2.75) is 0 Å². The molecule has 4 nitrogen and oxygen atoms in total. The monoisotopic (exact) mass is 371 g/mol. The van der Waals surface area contributed by atoms with Gasteiger partial charge in [-0.25, -0.2) is 5.43 Å². The minimum absolute atomic E-state index is 0.111. The third-order valence-corrected chi connectivity index (χ3v) is 4.15. The number of carbonyl (C=O) groups is 1. The van der Waals surface area contributed by atoms with Crippen LogP contribution in [-0.2, 0) is 4.79 Å². The van der Waals surface area contributed by atoms with Crippen LogP contribution in [0.25, 0.3) is 10.8 Å². The SMILES string of the molecule is O=C(CNc1cccc2ccccc12)N/N=C/c1ccc(Cl)cc1Cl. The van der Waals surface area contributed by atoms with E-state index in [1.807, 2.05) is 42.5 Å². The van der Waals surface area contributed by atoms with Crippen LogP contribution in [0.4, 0.5) is 5.69 Å². The first-order valence-electron chi connectivity index (χ1n) is 7.62. The van der Waals surface area contributed by atoms with Crippen molar-refractivity contribution in [1.82, 2.24) is 5.43 Å². The van der Waals surface area contributed by atoms with Crippen LogP contribution < -0.4 is 10.7 Å². The van der Waals surface area contributed by atoms with E-state index in [4.69, 9.17) is 23.2 Å². The second-order valence-corrected chi connectivity index (χ2v) is 6.18. The highest BCUT2D eigenvalue weighted by atomic mass is 35.5. The molecular weight excluding hydrogens is 357 g/mol. The van der Waals surface area contributed by atoms with Crippen molar-refractivity contribution in [3.63, 3.8) is 0 Å². The Morgan fingerprint density at radius 2 is 1.84 bits per heavy atom. The summed E-state index contributed by atoms with van der Waals surface area (Å²) in [7, 11) is 0. The molecular formula is C19H15Cl2N3O. The Morgan fingerprint density at radius 1 is 1.04 bits per heavy atom. The molecule has 0 saturated carbocycles. The van der Waals surface area contributed by atoms with E-state index in [0.717, 1.165) is 16.5 Å². The summed E-state index contributed by atoms with van der Waals surface area (Å²) < 4.78 is 0. The fraction of sp³-hybridized carbons (Fsp3) is 0.0526. The Morgan fingerprint density at radius 3 is 2.68 bits per heavy atom. The largest absolute Gasteiger partial charge is 0.376 e. The van der Waals surface area contributed by atoms with Gasteiger partial charge < -0.3 is 5.32 Å². The van der Waals surface area contributed by atoms with Gasteiger partial charge in [-0.05, 0) is 23.6 Å². The van der Waals surface area contributed by atoms with E-state index in [9.17, 15) is 4.79 Å². The summed E-state index contributed by atoms with van der Waals surface area (Å²) in [6.45, 7) is 0.111. The van der Waals surface area contributed by atoms with Gasteiger partial charge in [0.15, 0.2) is 0 Å². The molecule has 0 atom stereocenters. The van der Waals surface area contributed by atoms with E-state index in [1.54, 1.807) is 18.2 Å². The number of benzene rings is 3. The van der Waals surface area contributed by atoms with Crippen LogP contribution in [0.15, 0.2) is 65.8 Å². The van der Waals surface area contributed by atoms with Gasteiger partial charge in [0, 0.05) is 21.7 Å². The normalized spacial score (nSPS) is 11.0. The average Bonchev–Trinajstić information content (AvgIpc) is 2.62. The van der Waals surface area contributed by atoms with E-state index >= 15 is 0 Å². The Bertz CT molecular complexity index is 936. The number of hydrogen-bond donors (Lipinski definition) is 2. The van der Waals surface area contributed by atoms with Crippen molar-refractivity contribution in [3.8, 4) is 0 Å². The van der Waals surface area contributed by atoms with E-state index in [2.05, 4.69) is 15.8 Å². The minimum atomic E-state index is -0.255. The molecule has 0 spiro atoms. The van der Waals surface area contributed by atoms with Gasteiger partial charge in [-0.15, -0.1) is 0 Å². The average molecular weight is 372 g/mol. The summed E-state index contributed by atoms with van der Waals surface area (Å²) in [5.74, 6) is -0.255. The summed E-state index contributed by atoms with van der Waals surface area (Å²) in [5, 5.41) is 10.2. The fourth-order valence-corrected chi connectivity index (χ4v) is 2.83. The number of fused-ring (bicyclic) bond motifs is 1. The molecule has 3 aromatic carbocycles. The maximum atomic E-state index is 11.9. The maximum absolute atomic E-state index is 11.9. The van der Waals surface area contributed by atoms with E-state index in [1.165, 1.54) is 6.21 Å². The minimum Gasteiger partial charge on any atom is -0.376 e. The van der Waals surface area contributed by atoms with Gasteiger partial charge in [0.2, 0.25) is 0 Å². The van der Waals surface area contributed by atoms with Gasteiger partial charge in [-0.1, -0.05) is 65.7 Å². The van der Waals surface area contributed by atoms with E-state index < -0.39 is 0 Å². The third kappa shape index (κ3) is 4.50. The molecule has 0 unspecified atom stereocenters. The van der Waals surface area contributed by atoms with Crippen LogP contribution in [-0.4, -0.2) is 18.7 Å². The highest BCUT2D eigenvalue weighted by Gasteiger charge is 2.03. The zero-order valence-corrected chi connectivity index (χ0v) is 14.7. The lowest BCUT2D eigenvalue weighted by Gasteiger charge is -2.08. The zero-order chi connectivity index (χ0) is 17.6. The van der Waals surface area contributed by atoms with Crippen LogP contribution in [0.3, 0.4) is 0 Å². The summed E-state index contributed by atoms with van der Waals surface area (Å²) in [4.78, 5) is 11.9. The van der Waals surface area contributed by atoms with Gasteiger partial charge in [0.1, 0.15) is 0 Å². The second kappa shape index (κ2) is 8.01. The number of nitrogens with zero attached hydrogens (tertiary/aromatic N) is 1. The molecule has 0 aliphatic rings. The molecule has 25 heavy (non-hydrogen) atoms. The Labute approximate surface area is 155 Å². The van der Waals surface area contributed by atoms with E-state index in [-0.39, 0.29) is 12.5 Å². The van der Waals surface area contributed by atoms with Crippen LogP contribution >= 0.6 is 23.2 Å². The molecule has 0 aliphatic carbocycles. The van der Waals surface area contributed by atoms with Crippen LogP contribution in [0.1, 0.15) is 5.56 Å². The molecule has 126 valence electrons. The smallest absolute Gasteiger partial charge is 0.259 e. The molecule has 2 N–H and O–H groups in total. The Kier molecular flexibility index (Phi) is 5.53. The number of carbonyl (C=O) groups excluding carboxylic acids is 1. The van der Waals surface area contributed by atoms with Gasteiger partial charge in [-0.2, -0.15) is 5.10 Å². The molecule has 0 aliphatic heterocycles. The third-order valence-electron chi connectivity index (χ3n) is 3.58. The van der Waals surface area contributed by atoms with Crippen molar-refractivity contribution in [3.05, 3.63) is 76.3 Å². The lowest BCUT2D eigenvalue weighted by Crippen LogP contribution is -2.25. The first-order chi connectivity index (χ1) is 12.1. The first-order valence-corrected chi connectivity index (χ1v) is 8.38. The van der Waals surface area contributed by atoms with Crippen molar-refractivity contribution >= 4 is 51.8 Å². The molecule has 1 amide bonds. The number of halogens is 2. The van der Waals surface area contributed by atoms with Gasteiger partial charge in [0.25, 0.3) is 5.91 Å². The van der Waals surface area contributed by atoms with Crippen LogP contribution in [0, 0.1) is 0 Å². The van der Waals surface area contributed by atoms with Crippen molar-refractivity contribution < 1.29 is 4.79 Å². The van der Waals surface area contributed by atoms with Gasteiger partial charge >= 0.3 is 0 Å². The van der Waals surface area contributed by atoms with Crippen molar-refractivity contribution in [2.75, 3.05) is 11.9 Å². The van der Waals surface area contributed by atoms with Crippen LogP contribution in [0.5, 0.6) is 0 Å². The number of nitrogens with one attached hydrogen (secondary N) is 2. The summed E-state index contributed by atoms with van der Waals surface area (Å²) in [5.41, 5.74) is 4.04. The summed E-state index contributed by atoms with van der Waals surface area (Å²) in [6, 6.07) is 19.0. The fourth-order valence-electron chi connectivity index (χ4n) is 2.37. The number of rotatable bonds is 5. The van der Waals surface area contributed by atoms with Gasteiger partial charge in [-0.3, -0.25) is 4.79 Å². The molecule has 0 aromatic heterocycles. The predicted molar refractivity (Wildman–Crippen MR) is 105 cm³/mol. The van der Waals surface area contributed by atoms with Crippen molar-refractivity contribution in [1.29, 1.82) is 0 Å². The zero-order valence-electron chi connectivity index (χ0n) is 13.2. The highest BCUT2D eigenvalue weighted by Crippen LogP contribution is 2.22. The molecule has 0 saturated heterocycles. The molecule has 0 fully saturated rings. The second-order valence-electron chi connectivity index (χ2n) is 5.34. The lowest BCUT2D eigenvalue weighted by atomic mass is 10.1. The van der Waals surface area contributed by atoms with Crippen molar-refractivity contribution in [2.24, 2.45) is 5.10 Å². The number of anilines is 1. The molecule has 0 bridgehead atoms. The highest BCUT2D eigenvalue weighted by molar-refractivity contribution is 6.36. The number of amides is 1. The molecule has 6 heteroatoms.